The number of hydrogen-bond donors (Lipinski definition) is 3. The molecule has 3 fully saturated rings. The number of likely N-dealkylation sites (tertiary alicyclic amines) is 1. The second-order valence-electron chi connectivity index (χ2n) is 11.9. The van der Waals surface area contributed by atoms with Crippen molar-refractivity contribution in [2.45, 2.75) is 75.3 Å². The molecule has 9 nitrogen and oxygen atoms in total. The van der Waals surface area contributed by atoms with Crippen LogP contribution >= 0.6 is 23.5 Å². The molecule has 3 aliphatic heterocycles. The Morgan fingerprint density at radius 1 is 1.13 bits per heavy atom. The first-order chi connectivity index (χ1) is 18.3. The Hall–Kier alpha value is -2.15. The molecule has 2 aromatic rings. The van der Waals surface area contributed by atoms with Crippen LogP contribution in [0.25, 0.3) is 11.3 Å². The van der Waals surface area contributed by atoms with E-state index < -0.39 is 30.5 Å². The summed E-state index contributed by atoms with van der Waals surface area (Å²) in [5.41, 5.74) is 1.97. The summed E-state index contributed by atoms with van der Waals surface area (Å²) >= 11 is 3.78. The Bertz CT molecular complexity index is 1210. The lowest BCUT2D eigenvalue weighted by Crippen LogP contribution is -2.51. The molecule has 210 valence electrons. The lowest BCUT2D eigenvalue weighted by Gasteiger charge is -2.32. The molecule has 4 heterocycles. The molecule has 0 unspecified atom stereocenters. The van der Waals surface area contributed by atoms with Gasteiger partial charge in [0, 0.05) is 24.5 Å². The molecule has 3 saturated heterocycles. The van der Waals surface area contributed by atoms with E-state index in [1.165, 1.54) is 0 Å². The summed E-state index contributed by atoms with van der Waals surface area (Å²) in [5.74, 6) is 2.42. The van der Waals surface area contributed by atoms with Crippen LogP contribution < -0.4 is 10.8 Å². The largest absolute Gasteiger partial charge is 0.494 e. The Kier molecular flexibility index (Phi) is 7.54. The van der Waals surface area contributed by atoms with Crippen molar-refractivity contribution >= 4 is 48.1 Å². The molecule has 2 atom stereocenters. The molecule has 0 radical (unpaired) electrons. The SMILES string of the molecule is CC(C)[C@H](NC(=O)O)C(=O)N1CC2(C[C@H]1c1ncc(-c3ccc(B4OC(C)(C)C(C)(C)O4)cc3)[nH]1)SCCS2. The molecule has 3 aliphatic rings. The third kappa shape index (κ3) is 5.45. The van der Waals surface area contributed by atoms with Gasteiger partial charge in [-0.2, -0.15) is 0 Å². The van der Waals surface area contributed by atoms with Crippen molar-refractivity contribution in [1.29, 1.82) is 0 Å². The maximum absolute atomic E-state index is 13.7. The summed E-state index contributed by atoms with van der Waals surface area (Å²) in [7, 11) is -0.426. The van der Waals surface area contributed by atoms with Gasteiger partial charge in [-0.05, 0) is 44.6 Å². The highest BCUT2D eigenvalue weighted by atomic mass is 32.2. The molecule has 0 bridgehead atoms. The van der Waals surface area contributed by atoms with Gasteiger partial charge in [0.05, 0.1) is 33.2 Å². The van der Waals surface area contributed by atoms with Gasteiger partial charge in [-0.3, -0.25) is 4.79 Å². The highest BCUT2D eigenvalue weighted by Gasteiger charge is 2.52. The highest BCUT2D eigenvalue weighted by molar-refractivity contribution is 8.21. The van der Waals surface area contributed by atoms with Crippen LogP contribution in [0.1, 0.15) is 59.8 Å². The third-order valence-electron chi connectivity index (χ3n) is 8.26. The highest BCUT2D eigenvalue weighted by Crippen LogP contribution is 2.55. The number of aromatic amines is 1. The van der Waals surface area contributed by atoms with Gasteiger partial charge in [0.25, 0.3) is 0 Å². The van der Waals surface area contributed by atoms with Crippen molar-refractivity contribution in [3.63, 3.8) is 0 Å². The standard InChI is InChI=1S/C27H37BN4O5S2/c1-16(2)21(31-24(34)35)23(33)32-15-27(38-11-12-39-27)13-20(32)22-29-14-19(30-22)17-7-9-18(10-8-17)28-36-25(3,4)26(5,6)37-28/h7-10,14,16,20-21,31H,11-13,15H2,1-6H3,(H,29,30)(H,34,35)/t20-,21-/m0/s1. The molecule has 12 heteroatoms. The van der Waals surface area contributed by atoms with E-state index >= 15 is 0 Å². The fraction of sp³-hybridized carbons (Fsp3) is 0.593. The predicted molar refractivity (Wildman–Crippen MR) is 156 cm³/mol. The lowest BCUT2D eigenvalue weighted by atomic mass is 9.79. The molecule has 1 aromatic heterocycles. The summed E-state index contributed by atoms with van der Waals surface area (Å²) in [4.78, 5) is 35.1. The average Bonchev–Trinajstić information content (AvgIpc) is 3.64. The maximum Gasteiger partial charge on any atom is 0.494 e. The fourth-order valence-electron chi connectivity index (χ4n) is 5.30. The van der Waals surface area contributed by atoms with E-state index in [2.05, 4.69) is 10.3 Å². The molecule has 39 heavy (non-hydrogen) atoms. The van der Waals surface area contributed by atoms with E-state index in [0.29, 0.717) is 6.54 Å². The number of carbonyl (C=O) groups excluding carboxylic acids is 1. The summed E-state index contributed by atoms with van der Waals surface area (Å²) in [6.07, 6.45) is 1.37. The molecular formula is C27H37BN4O5S2. The summed E-state index contributed by atoms with van der Waals surface area (Å²) < 4.78 is 12.3. The zero-order valence-corrected chi connectivity index (χ0v) is 24.9. The van der Waals surface area contributed by atoms with Crippen LogP contribution in [0, 0.1) is 5.92 Å². The number of nitrogens with zero attached hydrogens (tertiary/aromatic N) is 2. The van der Waals surface area contributed by atoms with Crippen LogP contribution in [0.5, 0.6) is 0 Å². The van der Waals surface area contributed by atoms with Crippen LogP contribution in [0.4, 0.5) is 4.79 Å². The second kappa shape index (κ2) is 10.4. The number of hydrogen-bond acceptors (Lipinski definition) is 7. The van der Waals surface area contributed by atoms with Gasteiger partial charge in [-0.15, -0.1) is 23.5 Å². The smallest absolute Gasteiger partial charge is 0.465 e. The Morgan fingerprint density at radius 2 is 1.74 bits per heavy atom. The minimum absolute atomic E-state index is 0.0947. The number of benzene rings is 1. The van der Waals surface area contributed by atoms with Crippen molar-refractivity contribution in [2.75, 3.05) is 18.1 Å². The van der Waals surface area contributed by atoms with E-state index in [9.17, 15) is 14.7 Å². The van der Waals surface area contributed by atoms with E-state index in [4.69, 9.17) is 14.3 Å². The molecule has 5 rings (SSSR count). The number of imidazole rings is 1. The third-order valence-corrected chi connectivity index (χ3v) is 11.7. The van der Waals surface area contributed by atoms with E-state index in [1.807, 2.05) is 94.2 Å². The quantitative estimate of drug-likeness (QED) is 0.443. The number of amides is 2. The van der Waals surface area contributed by atoms with Crippen LogP contribution in [-0.2, 0) is 14.1 Å². The number of aromatic nitrogens is 2. The topological polar surface area (TPSA) is 117 Å². The number of H-pyrrole nitrogens is 1. The number of carbonyl (C=O) groups is 2. The summed E-state index contributed by atoms with van der Waals surface area (Å²) in [6, 6.07) is 6.98. The number of rotatable bonds is 6. The van der Waals surface area contributed by atoms with Crippen molar-refractivity contribution < 1.29 is 24.0 Å². The van der Waals surface area contributed by atoms with Crippen molar-refractivity contribution in [3.05, 3.63) is 36.3 Å². The van der Waals surface area contributed by atoms with Gasteiger partial charge >= 0.3 is 13.2 Å². The molecule has 2 amide bonds. The van der Waals surface area contributed by atoms with Gasteiger partial charge in [-0.1, -0.05) is 38.1 Å². The molecule has 0 aliphatic carbocycles. The Labute approximate surface area is 238 Å². The molecular weight excluding hydrogens is 535 g/mol. The first-order valence-corrected chi connectivity index (χ1v) is 15.4. The van der Waals surface area contributed by atoms with Crippen molar-refractivity contribution in [1.82, 2.24) is 20.2 Å². The minimum atomic E-state index is -1.19. The average molecular weight is 573 g/mol. The molecule has 0 saturated carbocycles. The second-order valence-corrected chi connectivity index (χ2v) is 15.1. The zero-order chi connectivity index (χ0) is 28.2. The van der Waals surface area contributed by atoms with Gasteiger partial charge in [0.15, 0.2) is 0 Å². The van der Waals surface area contributed by atoms with Gasteiger partial charge in [0.1, 0.15) is 11.9 Å². The van der Waals surface area contributed by atoms with E-state index in [-0.39, 0.29) is 21.9 Å². The Morgan fingerprint density at radius 3 is 2.31 bits per heavy atom. The number of thioether (sulfide) groups is 2. The van der Waals surface area contributed by atoms with Crippen molar-refractivity contribution in [3.8, 4) is 11.3 Å². The molecule has 1 aromatic carbocycles. The van der Waals surface area contributed by atoms with Crippen LogP contribution in [0.2, 0.25) is 0 Å². The number of carboxylic acid groups (broad SMARTS) is 1. The zero-order valence-electron chi connectivity index (χ0n) is 23.3. The monoisotopic (exact) mass is 572 g/mol. The fourth-order valence-corrected chi connectivity index (χ4v) is 8.55. The predicted octanol–water partition coefficient (Wildman–Crippen LogP) is 4.12. The van der Waals surface area contributed by atoms with Gasteiger partial charge in [0.2, 0.25) is 5.91 Å². The maximum atomic E-state index is 13.7. The van der Waals surface area contributed by atoms with Crippen molar-refractivity contribution in [2.24, 2.45) is 5.92 Å². The van der Waals surface area contributed by atoms with E-state index in [0.717, 1.165) is 40.5 Å². The first-order valence-electron chi connectivity index (χ1n) is 13.4. The number of nitrogens with one attached hydrogen (secondary N) is 2. The van der Waals surface area contributed by atoms with Crippen LogP contribution in [0.3, 0.4) is 0 Å². The molecule has 3 N–H and O–H groups in total. The Balaban J connectivity index is 1.37. The van der Waals surface area contributed by atoms with Crippen LogP contribution in [-0.4, -0.2) is 78.5 Å². The first kappa shape index (κ1) is 28.4. The minimum Gasteiger partial charge on any atom is -0.465 e. The summed E-state index contributed by atoms with van der Waals surface area (Å²) in [5, 5.41) is 11.8. The summed E-state index contributed by atoms with van der Waals surface area (Å²) in [6.45, 7) is 12.4. The van der Waals surface area contributed by atoms with Gasteiger partial charge < -0.3 is 29.6 Å². The van der Waals surface area contributed by atoms with Crippen LogP contribution in [0.15, 0.2) is 30.5 Å². The molecule has 1 spiro atoms. The normalized spacial score (nSPS) is 24.0. The van der Waals surface area contributed by atoms with Gasteiger partial charge in [-0.25, -0.2) is 9.78 Å². The van der Waals surface area contributed by atoms with E-state index in [1.54, 1.807) is 6.20 Å². The lowest BCUT2D eigenvalue weighted by molar-refractivity contribution is -0.135.